The number of nitrogens with one attached hydrogen (secondary N) is 1. The van der Waals surface area contributed by atoms with Gasteiger partial charge in [-0.15, -0.1) is 0 Å². The molecule has 0 saturated carbocycles. The number of non-ortho nitro benzene ring substituents is 1. The smallest absolute Gasteiger partial charge is 0.270 e. The highest BCUT2D eigenvalue weighted by Gasteiger charge is 2.18. The van der Waals surface area contributed by atoms with Crippen molar-refractivity contribution in [2.75, 3.05) is 0 Å². The van der Waals surface area contributed by atoms with E-state index < -0.39 is 14.9 Å². The minimum Gasteiger partial charge on any atom is -0.330 e. The van der Waals surface area contributed by atoms with Crippen molar-refractivity contribution >= 4 is 26.7 Å². The summed E-state index contributed by atoms with van der Waals surface area (Å²) in [6.45, 7) is -0.0177. The number of rotatable bonds is 5. The van der Waals surface area contributed by atoms with Crippen LogP contribution < -0.4 is 4.72 Å². The van der Waals surface area contributed by atoms with Crippen LogP contribution in [0.3, 0.4) is 0 Å². The molecule has 3 rings (SSSR count). The highest BCUT2D eigenvalue weighted by atomic mass is 32.2. The number of sulfonamides is 1. The first-order valence-corrected chi connectivity index (χ1v) is 8.51. The molecule has 0 fully saturated rings. The molecule has 0 amide bonds. The third-order valence-corrected chi connectivity index (χ3v) is 5.04. The Hall–Kier alpha value is -2.78. The Bertz CT molecular complexity index is 1030. The molecule has 0 atom stereocenters. The van der Waals surface area contributed by atoms with Gasteiger partial charge in [0.15, 0.2) is 0 Å². The van der Waals surface area contributed by atoms with Gasteiger partial charge in [0.1, 0.15) is 5.82 Å². The zero-order chi connectivity index (χ0) is 17.3. The minimum atomic E-state index is -3.88. The molecule has 0 spiro atoms. The number of nitrogens with zero attached hydrogens (tertiary/aromatic N) is 3. The van der Waals surface area contributed by atoms with E-state index in [1.807, 2.05) is 24.3 Å². The van der Waals surface area contributed by atoms with Crippen LogP contribution >= 0.6 is 0 Å². The molecule has 1 N–H and O–H groups in total. The van der Waals surface area contributed by atoms with Crippen LogP contribution in [0.4, 0.5) is 5.69 Å². The molecule has 9 heteroatoms. The Labute approximate surface area is 138 Å². The van der Waals surface area contributed by atoms with Gasteiger partial charge in [-0.2, -0.15) is 0 Å². The number of imidazole rings is 1. The lowest BCUT2D eigenvalue weighted by Crippen LogP contribution is -2.24. The normalized spacial score (nSPS) is 11.7. The van der Waals surface area contributed by atoms with Gasteiger partial charge in [-0.05, 0) is 18.2 Å². The Kier molecular flexibility index (Phi) is 4.04. The van der Waals surface area contributed by atoms with Crippen LogP contribution in [0.1, 0.15) is 5.82 Å². The number of fused-ring (bicyclic) bond motifs is 1. The van der Waals surface area contributed by atoms with Crippen LogP contribution in [-0.4, -0.2) is 22.9 Å². The van der Waals surface area contributed by atoms with Gasteiger partial charge in [0.05, 0.1) is 27.4 Å². The first-order chi connectivity index (χ1) is 11.4. The van der Waals surface area contributed by atoms with E-state index in [1.165, 1.54) is 18.2 Å². The van der Waals surface area contributed by atoms with Crippen molar-refractivity contribution in [3.05, 3.63) is 64.5 Å². The lowest BCUT2D eigenvalue weighted by Gasteiger charge is -2.07. The Morgan fingerprint density at radius 2 is 1.96 bits per heavy atom. The molecule has 24 heavy (non-hydrogen) atoms. The zero-order valence-corrected chi connectivity index (χ0v) is 13.5. The van der Waals surface area contributed by atoms with E-state index in [-0.39, 0.29) is 17.1 Å². The van der Waals surface area contributed by atoms with Crippen LogP contribution in [-0.2, 0) is 23.6 Å². The first kappa shape index (κ1) is 16.1. The molecule has 1 heterocycles. The standard InChI is InChI=1S/C15H14N4O4S/c1-18-14-8-3-2-7-13(14)17-15(18)10-16-24(22,23)12-6-4-5-11(9-12)19(20)21/h2-9,16H,10H2,1H3. The molecule has 124 valence electrons. The fourth-order valence-electron chi connectivity index (χ4n) is 2.36. The summed E-state index contributed by atoms with van der Waals surface area (Å²) in [7, 11) is -2.08. The SMILES string of the molecule is Cn1c(CNS(=O)(=O)c2cccc([N+](=O)[O-])c2)nc2ccccc21. The third kappa shape index (κ3) is 2.99. The number of aromatic nitrogens is 2. The first-order valence-electron chi connectivity index (χ1n) is 7.03. The average molecular weight is 346 g/mol. The lowest BCUT2D eigenvalue weighted by atomic mass is 10.3. The van der Waals surface area contributed by atoms with E-state index in [1.54, 1.807) is 11.6 Å². The van der Waals surface area contributed by atoms with Crippen LogP contribution in [0.2, 0.25) is 0 Å². The number of benzene rings is 2. The molecule has 0 radical (unpaired) electrons. The number of aryl methyl sites for hydroxylation is 1. The zero-order valence-electron chi connectivity index (χ0n) is 12.7. The van der Waals surface area contributed by atoms with Gasteiger partial charge in [0.2, 0.25) is 10.0 Å². The van der Waals surface area contributed by atoms with Gasteiger partial charge in [0.25, 0.3) is 5.69 Å². The molecule has 0 aliphatic carbocycles. The molecule has 8 nitrogen and oxygen atoms in total. The van der Waals surface area contributed by atoms with E-state index in [0.29, 0.717) is 5.82 Å². The molecule has 1 aromatic heterocycles. The van der Waals surface area contributed by atoms with Crippen molar-refractivity contribution in [2.45, 2.75) is 11.4 Å². The van der Waals surface area contributed by atoms with Crippen molar-refractivity contribution in [1.29, 1.82) is 0 Å². The maximum absolute atomic E-state index is 12.3. The molecule has 3 aromatic rings. The van der Waals surface area contributed by atoms with Gasteiger partial charge >= 0.3 is 0 Å². The summed E-state index contributed by atoms with van der Waals surface area (Å²) in [6, 6.07) is 12.4. The summed E-state index contributed by atoms with van der Waals surface area (Å²) < 4.78 is 28.9. The number of hydrogen-bond acceptors (Lipinski definition) is 5. The number of hydrogen-bond donors (Lipinski definition) is 1. The predicted octanol–water partition coefficient (Wildman–Crippen LogP) is 1.96. The maximum atomic E-state index is 12.3. The monoisotopic (exact) mass is 346 g/mol. The average Bonchev–Trinajstić information content (AvgIpc) is 2.90. The number of nitro groups is 1. The number of nitro benzene ring substituents is 1. The summed E-state index contributed by atoms with van der Waals surface area (Å²) in [6.07, 6.45) is 0. The molecule has 2 aromatic carbocycles. The summed E-state index contributed by atoms with van der Waals surface area (Å²) >= 11 is 0. The summed E-state index contributed by atoms with van der Waals surface area (Å²) in [5.74, 6) is 0.546. The van der Waals surface area contributed by atoms with E-state index in [2.05, 4.69) is 9.71 Å². The fourth-order valence-corrected chi connectivity index (χ4v) is 3.38. The van der Waals surface area contributed by atoms with Crippen molar-refractivity contribution in [3.8, 4) is 0 Å². The molecule has 0 saturated heterocycles. The molecule has 0 unspecified atom stereocenters. The van der Waals surface area contributed by atoms with E-state index in [0.717, 1.165) is 17.1 Å². The van der Waals surface area contributed by atoms with E-state index in [4.69, 9.17) is 0 Å². The predicted molar refractivity (Wildman–Crippen MR) is 87.8 cm³/mol. The van der Waals surface area contributed by atoms with Gasteiger partial charge in [-0.1, -0.05) is 18.2 Å². The molecule has 0 aliphatic rings. The lowest BCUT2D eigenvalue weighted by molar-refractivity contribution is -0.385. The second kappa shape index (κ2) is 6.02. The Balaban J connectivity index is 1.85. The Morgan fingerprint density at radius 1 is 1.21 bits per heavy atom. The molecule has 0 aliphatic heterocycles. The van der Waals surface area contributed by atoms with E-state index in [9.17, 15) is 18.5 Å². The quantitative estimate of drug-likeness (QED) is 0.561. The second-order valence-corrected chi connectivity index (χ2v) is 6.92. The van der Waals surface area contributed by atoms with Gasteiger partial charge in [-0.25, -0.2) is 18.1 Å². The molecule has 0 bridgehead atoms. The minimum absolute atomic E-state index is 0.0177. The van der Waals surface area contributed by atoms with Crippen LogP contribution in [0.15, 0.2) is 53.4 Å². The van der Waals surface area contributed by atoms with Crippen LogP contribution in [0.5, 0.6) is 0 Å². The fraction of sp³-hybridized carbons (Fsp3) is 0.133. The molecular weight excluding hydrogens is 332 g/mol. The summed E-state index contributed by atoms with van der Waals surface area (Å²) in [5.41, 5.74) is 1.38. The molecular formula is C15H14N4O4S. The van der Waals surface area contributed by atoms with Crippen molar-refractivity contribution in [1.82, 2.24) is 14.3 Å². The van der Waals surface area contributed by atoms with Gasteiger partial charge in [-0.3, -0.25) is 10.1 Å². The Morgan fingerprint density at radius 3 is 2.67 bits per heavy atom. The van der Waals surface area contributed by atoms with Crippen LogP contribution in [0.25, 0.3) is 11.0 Å². The topological polar surface area (TPSA) is 107 Å². The highest BCUT2D eigenvalue weighted by Crippen LogP contribution is 2.18. The van der Waals surface area contributed by atoms with Crippen molar-refractivity contribution in [2.24, 2.45) is 7.05 Å². The second-order valence-electron chi connectivity index (χ2n) is 5.15. The van der Waals surface area contributed by atoms with Gasteiger partial charge < -0.3 is 4.57 Å². The van der Waals surface area contributed by atoms with Gasteiger partial charge in [0, 0.05) is 19.2 Å². The highest BCUT2D eigenvalue weighted by molar-refractivity contribution is 7.89. The maximum Gasteiger partial charge on any atom is 0.270 e. The largest absolute Gasteiger partial charge is 0.330 e. The summed E-state index contributed by atoms with van der Waals surface area (Å²) in [5, 5.41) is 10.8. The van der Waals surface area contributed by atoms with Crippen LogP contribution in [0, 0.1) is 10.1 Å². The van der Waals surface area contributed by atoms with Crippen molar-refractivity contribution < 1.29 is 13.3 Å². The summed E-state index contributed by atoms with van der Waals surface area (Å²) in [4.78, 5) is 14.4. The third-order valence-electron chi connectivity index (χ3n) is 3.64. The van der Waals surface area contributed by atoms with Crippen molar-refractivity contribution in [3.63, 3.8) is 0 Å². The van der Waals surface area contributed by atoms with E-state index >= 15 is 0 Å². The number of para-hydroxylation sites is 2.